The molecule has 0 aliphatic heterocycles. The van der Waals surface area contributed by atoms with E-state index in [4.69, 9.17) is 14.7 Å². The quantitative estimate of drug-likeness (QED) is 0.764. The van der Waals surface area contributed by atoms with Crippen LogP contribution in [0.5, 0.6) is 5.75 Å². The summed E-state index contributed by atoms with van der Waals surface area (Å²) in [6.45, 7) is 4.61. The lowest BCUT2D eigenvalue weighted by molar-refractivity contribution is 0.00546. The summed E-state index contributed by atoms with van der Waals surface area (Å²) in [5.41, 5.74) is 0.441. The molecule has 3 heteroatoms. The summed E-state index contributed by atoms with van der Waals surface area (Å²) in [7, 11) is 1.69. The molecule has 0 fully saturated rings. The Hall–Kier alpha value is -1.53. The Morgan fingerprint density at radius 3 is 2.75 bits per heavy atom. The number of ether oxygens (including phenoxy) is 2. The van der Waals surface area contributed by atoms with Crippen LogP contribution in [0.4, 0.5) is 0 Å². The van der Waals surface area contributed by atoms with E-state index in [9.17, 15) is 0 Å². The number of hydrogen-bond donors (Lipinski definition) is 0. The predicted octanol–water partition coefficient (Wildman–Crippen LogP) is 2.75. The monoisotopic (exact) mass is 219 g/mol. The molecule has 86 valence electrons. The number of nitriles is 1. The largest absolute Gasteiger partial charge is 0.493 e. The van der Waals surface area contributed by atoms with Crippen molar-refractivity contribution in [2.75, 3.05) is 13.7 Å². The van der Waals surface area contributed by atoms with Crippen LogP contribution in [0.1, 0.15) is 25.8 Å². The summed E-state index contributed by atoms with van der Waals surface area (Å²) < 4.78 is 10.8. The molecule has 0 spiro atoms. The van der Waals surface area contributed by atoms with Crippen molar-refractivity contribution in [3.63, 3.8) is 0 Å². The van der Waals surface area contributed by atoms with Crippen LogP contribution in [0.3, 0.4) is 0 Å². The summed E-state index contributed by atoms with van der Waals surface area (Å²) in [6.07, 6.45) is 0.806. The molecule has 16 heavy (non-hydrogen) atoms. The number of hydrogen-bond acceptors (Lipinski definition) is 3. The Labute approximate surface area is 96.6 Å². The van der Waals surface area contributed by atoms with E-state index in [0.717, 1.165) is 12.2 Å². The summed E-state index contributed by atoms with van der Waals surface area (Å²) in [5, 5.41) is 8.73. The van der Waals surface area contributed by atoms with Gasteiger partial charge >= 0.3 is 0 Å². The lowest BCUT2D eigenvalue weighted by Gasteiger charge is -2.22. The molecule has 0 aliphatic carbocycles. The Balaban J connectivity index is 2.46. The first-order valence-electron chi connectivity index (χ1n) is 5.25. The highest BCUT2D eigenvalue weighted by molar-refractivity contribution is 5.36. The average Bonchev–Trinajstić information content (AvgIpc) is 2.29. The molecule has 0 amide bonds. The van der Waals surface area contributed by atoms with Gasteiger partial charge < -0.3 is 9.47 Å². The fourth-order valence-corrected chi connectivity index (χ4v) is 1.17. The maximum atomic E-state index is 8.73. The minimum atomic E-state index is -0.174. The molecular formula is C13H17NO2. The van der Waals surface area contributed by atoms with Crippen molar-refractivity contribution < 1.29 is 9.47 Å². The molecule has 0 unspecified atom stereocenters. The number of methoxy groups -OCH3 is 1. The van der Waals surface area contributed by atoms with E-state index < -0.39 is 0 Å². The third kappa shape index (κ3) is 3.92. The fourth-order valence-electron chi connectivity index (χ4n) is 1.17. The molecule has 3 nitrogen and oxygen atoms in total. The van der Waals surface area contributed by atoms with Gasteiger partial charge in [-0.2, -0.15) is 5.26 Å². The standard InChI is InChI=1S/C13H17NO2/c1-13(2,15-3)7-8-16-12-6-4-5-11(9-12)10-14/h4-6,9H,7-8H2,1-3H3. The van der Waals surface area contributed by atoms with Crippen LogP contribution < -0.4 is 4.74 Å². The van der Waals surface area contributed by atoms with E-state index in [-0.39, 0.29) is 5.60 Å². The van der Waals surface area contributed by atoms with E-state index >= 15 is 0 Å². The van der Waals surface area contributed by atoms with Gasteiger partial charge in [-0.1, -0.05) is 6.07 Å². The first-order valence-corrected chi connectivity index (χ1v) is 5.25. The van der Waals surface area contributed by atoms with Crippen LogP contribution in [0.25, 0.3) is 0 Å². The molecule has 0 N–H and O–H groups in total. The summed E-state index contributed by atoms with van der Waals surface area (Å²) >= 11 is 0. The minimum Gasteiger partial charge on any atom is -0.493 e. The van der Waals surface area contributed by atoms with Crippen LogP contribution in [0.15, 0.2) is 24.3 Å². The second-order valence-corrected chi connectivity index (χ2v) is 4.20. The van der Waals surface area contributed by atoms with Gasteiger partial charge in [-0.05, 0) is 32.0 Å². The van der Waals surface area contributed by atoms with E-state index in [1.807, 2.05) is 26.0 Å². The molecule has 0 radical (unpaired) electrons. The Morgan fingerprint density at radius 2 is 2.12 bits per heavy atom. The van der Waals surface area contributed by atoms with Gasteiger partial charge in [0.05, 0.1) is 23.8 Å². The van der Waals surface area contributed by atoms with Crippen molar-refractivity contribution in [1.82, 2.24) is 0 Å². The zero-order valence-electron chi connectivity index (χ0n) is 9.99. The van der Waals surface area contributed by atoms with Crippen molar-refractivity contribution in [3.8, 4) is 11.8 Å². The van der Waals surface area contributed by atoms with Crippen LogP contribution in [-0.2, 0) is 4.74 Å². The van der Waals surface area contributed by atoms with Crippen molar-refractivity contribution >= 4 is 0 Å². The van der Waals surface area contributed by atoms with E-state index in [1.165, 1.54) is 0 Å². The Morgan fingerprint density at radius 1 is 1.38 bits per heavy atom. The van der Waals surface area contributed by atoms with Gasteiger partial charge in [-0.25, -0.2) is 0 Å². The molecule has 1 rings (SSSR count). The van der Waals surface area contributed by atoms with Crippen LogP contribution in [0.2, 0.25) is 0 Å². The highest BCUT2D eigenvalue weighted by atomic mass is 16.5. The topological polar surface area (TPSA) is 42.2 Å². The zero-order valence-corrected chi connectivity index (χ0v) is 9.99. The van der Waals surface area contributed by atoms with Crippen LogP contribution in [-0.4, -0.2) is 19.3 Å². The summed E-state index contributed by atoms with van der Waals surface area (Å²) in [4.78, 5) is 0. The first-order chi connectivity index (χ1) is 7.57. The van der Waals surface area contributed by atoms with Gasteiger partial charge in [0.15, 0.2) is 0 Å². The van der Waals surface area contributed by atoms with Gasteiger partial charge in [-0.15, -0.1) is 0 Å². The third-order valence-electron chi connectivity index (χ3n) is 2.49. The lowest BCUT2D eigenvalue weighted by Crippen LogP contribution is -2.25. The molecule has 0 bridgehead atoms. The van der Waals surface area contributed by atoms with Crippen molar-refractivity contribution in [3.05, 3.63) is 29.8 Å². The highest BCUT2D eigenvalue weighted by Crippen LogP contribution is 2.16. The maximum Gasteiger partial charge on any atom is 0.120 e. The SMILES string of the molecule is COC(C)(C)CCOc1cccc(C#N)c1. The van der Waals surface area contributed by atoms with Crippen molar-refractivity contribution in [2.45, 2.75) is 25.9 Å². The third-order valence-corrected chi connectivity index (χ3v) is 2.49. The molecular weight excluding hydrogens is 202 g/mol. The van der Waals surface area contributed by atoms with Gasteiger partial charge in [0, 0.05) is 13.5 Å². The predicted molar refractivity (Wildman–Crippen MR) is 62.4 cm³/mol. The smallest absolute Gasteiger partial charge is 0.120 e. The van der Waals surface area contributed by atoms with Gasteiger partial charge in [0.2, 0.25) is 0 Å². The summed E-state index contributed by atoms with van der Waals surface area (Å²) in [6, 6.07) is 9.24. The first kappa shape index (κ1) is 12.5. The van der Waals surface area contributed by atoms with Crippen molar-refractivity contribution in [2.24, 2.45) is 0 Å². The molecule has 0 aromatic heterocycles. The Bertz CT molecular complexity index is 380. The second kappa shape index (κ2) is 5.53. The molecule has 0 saturated carbocycles. The van der Waals surface area contributed by atoms with Gasteiger partial charge in [0.25, 0.3) is 0 Å². The molecule has 1 aromatic rings. The lowest BCUT2D eigenvalue weighted by atomic mass is 10.1. The molecule has 0 aliphatic rings. The molecule has 1 aromatic carbocycles. The molecule has 0 atom stereocenters. The normalized spacial score (nSPS) is 10.9. The van der Waals surface area contributed by atoms with Gasteiger partial charge in [0.1, 0.15) is 5.75 Å². The van der Waals surface area contributed by atoms with E-state index in [1.54, 1.807) is 19.2 Å². The van der Waals surface area contributed by atoms with Crippen molar-refractivity contribution in [1.29, 1.82) is 5.26 Å². The maximum absolute atomic E-state index is 8.73. The van der Waals surface area contributed by atoms with E-state index in [0.29, 0.717) is 12.2 Å². The van der Waals surface area contributed by atoms with E-state index in [2.05, 4.69) is 6.07 Å². The van der Waals surface area contributed by atoms with Crippen LogP contribution >= 0.6 is 0 Å². The summed E-state index contributed by atoms with van der Waals surface area (Å²) in [5.74, 6) is 0.728. The highest BCUT2D eigenvalue weighted by Gasteiger charge is 2.15. The number of nitrogens with zero attached hydrogens (tertiary/aromatic N) is 1. The Kier molecular flexibility index (Phi) is 4.33. The number of benzene rings is 1. The fraction of sp³-hybridized carbons (Fsp3) is 0.462. The molecule has 0 heterocycles. The zero-order chi connectivity index (χ0) is 12.0. The average molecular weight is 219 g/mol. The minimum absolute atomic E-state index is 0.174. The molecule has 0 saturated heterocycles. The number of rotatable bonds is 5. The van der Waals surface area contributed by atoms with Gasteiger partial charge in [-0.3, -0.25) is 0 Å². The van der Waals surface area contributed by atoms with Crippen LogP contribution in [0, 0.1) is 11.3 Å². The second-order valence-electron chi connectivity index (χ2n) is 4.20.